The molecule has 3 aliphatic heterocycles. The second-order valence-corrected chi connectivity index (χ2v) is 13.8. The maximum Gasteiger partial charge on any atom is 0.261 e. The minimum Gasteiger partial charge on any atom is -0.495 e. The summed E-state index contributed by atoms with van der Waals surface area (Å²) in [5.41, 5.74) is 2.98. The number of nitrogens with one attached hydrogen (secondary N) is 4. The van der Waals surface area contributed by atoms with Crippen LogP contribution in [0, 0.1) is 0 Å². The molecule has 2 atom stereocenters. The predicted octanol–water partition coefficient (Wildman–Crippen LogP) is 2.54. The smallest absolute Gasteiger partial charge is 0.261 e. The largest absolute Gasteiger partial charge is 0.495 e. The Bertz CT molecular complexity index is 2320. The molecule has 0 spiro atoms. The first-order valence-corrected chi connectivity index (χ1v) is 18.5. The van der Waals surface area contributed by atoms with E-state index in [1.54, 1.807) is 43.6 Å². The Kier molecular flexibility index (Phi) is 11.2. The molecule has 18 nitrogen and oxygen atoms in total. The number of anilines is 5. The lowest BCUT2D eigenvalue weighted by Crippen LogP contribution is -2.53. The Balaban J connectivity index is 0.867. The van der Waals surface area contributed by atoms with E-state index < -0.39 is 42.5 Å². The van der Waals surface area contributed by atoms with E-state index >= 15 is 0 Å². The van der Waals surface area contributed by atoms with Crippen LogP contribution in [0.15, 0.2) is 66.9 Å². The van der Waals surface area contributed by atoms with Crippen LogP contribution in [0.3, 0.4) is 0 Å². The average Bonchev–Trinajstić information content (AvgIpc) is 3.45. The number of hydrogen-bond acceptors (Lipinski definition) is 13. The van der Waals surface area contributed by atoms with Crippen molar-refractivity contribution in [2.45, 2.75) is 38.0 Å². The quantitative estimate of drug-likeness (QED) is 0.0971. The highest BCUT2D eigenvalue weighted by Crippen LogP contribution is 2.40. The third-order valence-corrected chi connectivity index (χ3v) is 10.1. The van der Waals surface area contributed by atoms with Crippen LogP contribution in [-0.4, -0.2) is 102 Å². The number of piperidine rings is 1. The number of fused-ring (bicyclic) bond motifs is 3. The average molecular weight is 792 g/mol. The standard InChI is InChI=1S/C40H41N9O9/c1-47-26-11-5-4-9-23(26)37(54)48(2)28-20-43-40(46-34(28)47)44-25-14-13-22(19-30(25)57-3)35(52)42-18-7-6-17-41-32(51)21-58-29-12-8-10-24-33(29)39(56)49(38(24)55)27-15-16-31(50)45-36(27)53/h4-5,8-14,19-20,27,38,55H,6-7,15-18,21H2,1-3H3,(H,41,51)(H,42,52)(H,43,44,46)(H,45,50,53). The van der Waals surface area contributed by atoms with Gasteiger partial charge in [-0.15, -0.1) is 0 Å². The first-order valence-electron chi connectivity index (χ1n) is 18.5. The number of unbranched alkanes of at least 4 members (excludes halogenated alkanes) is 1. The maximum absolute atomic E-state index is 13.3. The summed E-state index contributed by atoms with van der Waals surface area (Å²) in [5, 5.41) is 21.8. The third kappa shape index (κ3) is 7.68. The highest BCUT2D eigenvalue weighted by molar-refractivity contribution is 6.13. The summed E-state index contributed by atoms with van der Waals surface area (Å²) in [6.45, 7) is 0.248. The minimum atomic E-state index is -1.41. The first-order chi connectivity index (χ1) is 28.0. The number of amides is 6. The predicted molar refractivity (Wildman–Crippen MR) is 209 cm³/mol. The molecule has 300 valence electrons. The molecule has 1 fully saturated rings. The molecule has 5 N–H and O–H groups in total. The van der Waals surface area contributed by atoms with Crippen LogP contribution >= 0.6 is 0 Å². The van der Waals surface area contributed by atoms with Gasteiger partial charge in [0, 0.05) is 44.7 Å². The van der Waals surface area contributed by atoms with E-state index in [1.807, 2.05) is 30.1 Å². The molecule has 2 unspecified atom stereocenters. The van der Waals surface area contributed by atoms with Gasteiger partial charge in [-0.1, -0.05) is 24.3 Å². The number of benzene rings is 3. The molecule has 1 aromatic heterocycles. The van der Waals surface area contributed by atoms with Crippen molar-refractivity contribution in [2.24, 2.45) is 0 Å². The maximum atomic E-state index is 13.3. The van der Waals surface area contributed by atoms with Crippen LogP contribution < -0.4 is 40.5 Å². The molecule has 4 heterocycles. The fourth-order valence-corrected chi connectivity index (χ4v) is 7.06. The summed E-state index contributed by atoms with van der Waals surface area (Å²) >= 11 is 0. The molecular weight excluding hydrogens is 750 g/mol. The highest BCUT2D eigenvalue weighted by atomic mass is 16.5. The third-order valence-electron chi connectivity index (χ3n) is 10.1. The van der Waals surface area contributed by atoms with Gasteiger partial charge >= 0.3 is 0 Å². The monoisotopic (exact) mass is 791 g/mol. The second-order valence-electron chi connectivity index (χ2n) is 13.8. The number of hydrogen-bond donors (Lipinski definition) is 5. The molecule has 4 aromatic rings. The number of ether oxygens (including phenoxy) is 2. The number of aliphatic hydroxyl groups is 1. The molecule has 1 saturated heterocycles. The minimum absolute atomic E-state index is 0.0365. The first kappa shape index (κ1) is 39.2. The lowest BCUT2D eigenvalue weighted by molar-refractivity contribution is -0.139. The molecule has 58 heavy (non-hydrogen) atoms. The Hall–Kier alpha value is -7.08. The van der Waals surface area contributed by atoms with E-state index in [0.29, 0.717) is 65.7 Å². The topological polar surface area (TPSA) is 225 Å². The number of rotatable bonds is 13. The fraction of sp³-hybridized carbons (Fsp3) is 0.300. The molecule has 0 radical (unpaired) electrons. The van der Waals surface area contributed by atoms with Gasteiger partial charge in [0.15, 0.2) is 18.7 Å². The van der Waals surface area contributed by atoms with Crippen molar-refractivity contribution in [1.82, 2.24) is 30.8 Å². The van der Waals surface area contributed by atoms with Crippen molar-refractivity contribution in [3.05, 3.63) is 89.1 Å². The number of carbonyl (C=O) groups is 6. The number of carbonyl (C=O) groups excluding carboxylic acids is 6. The Labute approximate surface area is 332 Å². The summed E-state index contributed by atoms with van der Waals surface area (Å²) in [6.07, 6.45) is 1.40. The van der Waals surface area contributed by atoms with Crippen molar-refractivity contribution in [2.75, 3.05) is 56.0 Å². The molecule has 0 bridgehead atoms. The zero-order chi connectivity index (χ0) is 41.1. The number of para-hydroxylation sites is 1. The summed E-state index contributed by atoms with van der Waals surface area (Å²) in [4.78, 5) is 89.5. The highest BCUT2D eigenvalue weighted by Gasteiger charge is 2.45. The van der Waals surface area contributed by atoms with Gasteiger partial charge in [-0.2, -0.15) is 4.98 Å². The van der Waals surface area contributed by atoms with E-state index in [4.69, 9.17) is 14.5 Å². The number of methoxy groups -OCH3 is 1. The molecule has 18 heteroatoms. The van der Waals surface area contributed by atoms with Gasteiger partial charge in [0.2, 0.25) is 17.8 Å². The summed E-state index contributed by atoms with van der Waals surface area (Å²) in [7, 11) is 4.99. The molecule has 0 saturated carbocycles. The lowest BCUT2D eigenvalue weighted by atomic mass is 10.0. The van der Waals surface area contributed by atoms with Crippen molar-refractivity contribution < 1.29 is 43.3 Å². The van der Waals surface area contributed by atoms with Gasteiger partial charge in [0.05, 0.1) is 35.8 Å². The molecule has 3 aliphatic rings. The van der Waals surface area contributed by atoms with Crippen LogP contribution in [0.2, 0.25) is 0 Å². The molecular formula is C40H41N9O9. The Morgan fingerprint density at radius 3 is 2.47 bits per heavy atom. The molecule has 6 amide bonds. The fourth-order valence-electron chi connectivity index (χ4n) is 7.06. The van der Waals surface area contributed by atoms with E-state index in [-0.39, 0.29) is 47.5 Å². The summed E-state index contributed by atoms with van der Waals surface area (Å²) < 4.78 is 11.2. The van der Waals surface area contributed by atoms with E-state index in [2.05, 4.69) is 26.3 Å². The SMILES string of the molecule is COc1cc(C(=O)NCCCCNC(=O)COc2cccc3c2C(=O)N(C2CCC(=O)NC2=O)C3O)ccc1Nc1ncc2c(n1)N(C)c1ccccc1C(=O)N2C. The van der Waals surface area contributed by atoms with Gasteiger partial charge in [-0.25, -0.2) is 4.98 Å². The molecule has 3 aromatic carbocycles. The van der Waals surface area contributed by atoms with Crippen molar-refractivity contribution in [3.8, 4) is 11.5 Å². The van der Waals surface area contributed by atoms with Crippen LogP contribution in [0.1, 0.15) is 68.5 Å². The van der Waals surface area contributed by atoms with Crippen LogP contribution in [0.25, 0.3) is 0 Å². The molecule has 0 aliphatic carbocycles. The summed E-state index contributed by atoms with van der Waals surface area (Å²) in [5.74, 6) is -1.41. The Morgan fingerprint density at radius 1 is 0.914 bits per heavy atom. The second kappa shape index (κ2) is 16.6. The zero-order valence-corrected chi connectivity index (χ0v) is 31.9. The van der Waals surface area contributed by atoms with Crippen LogP contribution in [-0.2, 0) is 14.4 Å². The van der Waals surface area contributed by atoms with Crippen LogP contribution in [0.4, 0.5) is 28.8 Å². The van der Waals surface area contributed by atoms with Crippen molar-refractivity contribution in [1.29, 1.82) is 0 Å². The lowest BCUT2D eigenvalue weighted by Gasteiger charge is -2.31. The van der Waals surface area contributed by atoms with Gasteiger partial charge in [0.25, 0.3) is 23.6 Å². The van der Waals surface area contributed by atoms with Crippen molar-refractivity contribution >= 4 is 64.3 Å². The summed E-state index contributed by atoms with van der Waals surface area (Å²) in [6, 6.07) is 15.8. The normalized spacial score (nSPS) is 17.1. The van der Waals surface area contributed by atoms with Gasteiger partial charge in [-0.05, 0) is 55.7 Å². The van der Waals surface area contributed by atoms with Crippen molar-refractivity contribution in [3.63, 3.8) is 0 Å². The zero-order valence-electron chi connectivity index (χ0n) is 31.9. The number of aliphatic hydroxyl groups excluding tert-OH is 1. The number of aromatic nitrogens is 2. The van der Waals surface area contributed by atoms with E-state index in [0.717, 1.165) is 4.90 Å². The molecule has 7 rings (SSSR count). The van der Waals surface area contributed by atoms with E-state index in [1.165, 1.54) is 24.1 Å². The Morgan fingerprint density at radius 2 is 1.69 bits per heavy atom. The number of nitrogens with zero attached hydrogens (tertiary/aromatic N) is 5. The van der Waals surface area contributed by atoms with Gasteiger partial charge in [0.1, 0.15) is 23.2 Å². The number of imide groups is 1. The van der Waals surface area contributed by atoms with Crippen LogP contribution in [0.5, 0.6) is 11.5 Å². The van der Waals surface area contributed by atoms with E-state index in [9.17, 15) is 33.9 Å². The van der Waals surface area contributed by atoms with Gasteiger partial charge < -0.3 is 40.3 Å². The van der Waals surface area contributed by atoms with Gasteiger partial charge in [-0.3, -0.25) is 39.0 Å².